The Morgan fingerprint density at radius 3 is 2.53 bits per heavy atom. The van der Waals surface area contributed by atoms with Crippen LogP contribution in [0.1, 0.15) is 6.42 Å². The van der Waals surface area contributed by atoms with Crippen LogP contribution >= 0.6 is 15.9 Å². The van der Waals surface area contributed by atoms with E-state index in [-0.39, 0.29) is 0 Å². The summed E-state index contributed by atoms with van der Waals surface area (Å²) in [5.74, 6) is 2.22. The molecular formula is C11H15BrO3. The first-order valence-electron chi connectivity index (χ1n) is 4.72. The van der Waals surface area contributed by atoms with Crippen molar-refractivity contribution >= 4 is 15.9 Å². The van der Waals surface area contributed by atoms with Gasteiger partial charge in [-0.15, -0.1) is 0 Å². The van der Waals surface area contributed by atoms with Gasteiger partial charge in [0.25, 0.3) is 0 Å². The van der Waals surface area contributed by atoms with Crippen LogP contribution in [0.15, 0.2) is 18.2 Å². The van der Waals surface area contributed by atoms with Crippen molar-refractivity contribution in [3.63, 3.8) is 0 Å². The van der Waals surface area contributed by atoms with Crippen molar-refractivity contribution in [2.45, 2.75) is 6.42 Å². The third-order valence-corrected chi connectivity index (χ3v) is 2.47. The summed E-state index contributed by atoms with van der Waals surface area (Å²) < 4.78 is 15.9. The maximum Gasteiger partial charge on any atom is 0.164 e. The van der Waals surface area contributed by atoms with Gasteiger partial charge in [0.1, 0.15) is 5.75 Å². The fourth-order valence-corrected chi connectivity index (χ4v) is 1.36. The van der Waals surface area contributed by atoms with Gasteiger partial charge < -0.3 is 14.2 Å². The molecule has 0 aliphatic heterocycles. The number of hydrogen-bond donors (Lipinski definition) is 0. The van der Waals surface area contributed by atoms with Crippen LogP contribution in [-0.4, -0.2) is 26.2 Å². The molecule has 0 spiro atoms. The Morgan fingerprint density at radius 1 is 1.13 bits per heavy atom. The van der Waals surface area contributed by atoms with Crippen LogP contribution in [0.25, 0.3) is 0 Å². The first-order chi connectivity index (χ1) is 7.31. The molecule has 1 aromatic rings. The number of rotatable bonds is 6. The largest absolute Gasteiger partial charge is 0.497 e. The molecule has 0 fully saturated rings. The number of halogens is 1. The molecule has 0 aliphatic rings. The third-order valence-electron chi connectivity index (χ3n) is 1.91. The molecule has 0 aromatic heterocycles. The second-order valence-corrected chi connectivity index (χ2v) is 3.70. The van der Waals surface area contributed by atoms with Gasteiger partial charge in [-0.1, -0.05) is 15.9 Å². The van der Waals surface area contributed by atoms with Crippen LogP contribution < -0.4 is 14.2 Å². The van der Waals surface area contributed by atoms with Crippen LogP contribution in [0, 0.1) is 0 Å². The van der Waals surface area contributed by atoms with Crippen molar-refractivity contribution in [3.8, 4) is 17.2 Å². The molecule has 0 saturated heterocycles. The number of hydrogen-bond acceptors (Lipinski definition) is 3. The van der Waals surface area contributed by atoms with Gasteiger partial charge in [0.2, 0.25) is 0 Å². The minimum atomic E-state index is 0.661. The molecule has 1 rings (SSSR count). The first-order valence-corrected chi connectivity index (χ1v) is 5.84. The fraction of sp³-hybridized carbons (Fsp3) is 0.455. The van der Waals surface area contributed by atoms with E-state index in [1.165, 1.54) is 0 Å². The minimum Gasteiger partial charge on any atom is -0.497 e. The Morgan fingerprint density at radius 2 is 1.93 bits per heavy atom. The quantitative estimate of drug-likeness (QED) is 0.590. The van der Waals surface area contributed by atoms with Gasteiger partial charge in [-0.2, -0.15) is 0 Å². The molecule has 0 aliphatic carbocycles. The highest BCUT2D eigenvalue weighted by atomic mass is 79.9. The van der Waals surface area contributed by atoms with Gasteiger partial charge in [-0.3, -0.25) is 0 Å². The molecule has 15 heavy (non-hydrogen) atoms. The molecule has 0 saturated carbocycles. The Balaban J connectivity index is 2.72. The van der Waals surface area contributed by atoms with Gasteiger partial charge in [0.15, 0.2) is 11.5 Å². The van der Waals surface area contributed by atoms with Crippen LogP contribution in [0.4, 0.5) is 0 Å². The van der Waals surface area contributed by atoms with Crippen molar-refractivity contribution in [1.82, 2.24) is 0 Å². The average Bonchev–Trinajstić information content (AvgIpc) is 2.29. The second kappa shape index (κ2) is 6.56. The van der Waals surface area contributed by atoms with Crippen molar-refractivity contribution in [3.05, 3.63) is 18.2 Å². The highest BCUT2D eigenvalue weighted by Crippen LogP contribution is 2.31. The van der Waals surface area contributed by atoms with Gasteiger partial charge in [-0.05, 0) is 18.6 Å². The number of methoxy groups -OCH3 is 2. The molecular weight excluding hydrogens is 260 g/mol. The Labute approximate surface area is 98.5 Å². The maximum atomic E-state index is 5.58. The Hall–Kier alpha value is -0.900. The summed E-state index contributed by atoms with van der Waals surface area (Å²) in [5.41, 5.74) is 0. The summed E-state index contributed by atoms with van der Waals surface area (Å²) in [6, 6.07) is 5.51. The fourth-order valence-electron chi connectivity index (χ4n) is 1.13. The maximum absolute atomic E-state index is 5.58. The van der Waals surface area contributed by atoms with E-state index in [9.17, 15) is 0 Å². The number of alkyl halides is 1. The van der Waals surface area contributed by atoms with Crippen molar-refractivity contribution in [2.24, 2.45) is 0 Å². The SMILES string of the molecule is COc1ccc(OC)c(OCCCBr)c1. The predicted molar refractivity (Wildman–Crippen MR) is 63.5 cm³/mol. The summed E-state index contributed by atoms with van der Waals surface area (Å²) in [6.07, 6.45) is 0.959. The lowest BCUT2D eigenvalue weighted by Crippen LogP contribution is -2.00. The average molecular weight is 275 g/mol. The summed E-state index contributed by atoms with van der Waals surface area (Å²) in [4.78, 5) is 0. The van der Waals surface area contributed by atoms with Crippen LogP contribution in [0.5, 0.6) is 17.2 Å². The molecule has 0 heterocycles. The lowest BCUT2D eigenvalue weighted by Gasteiger charge is -2.11. The number of ether oxygens (including phenoxy) is 3. The molecule has 0 radical (unpaired) electrons. The zero-order chi connectivity index (χ0) is 11.1. The van der Waals surface area contributed by atoms with Gasteiger partial charge >= 0.3 is 0 Å². The topological polar surface area (TPSA) is 27.7 Å². The van der Waals surface area contributed by atoms with E-state index in [4.69, 9.17) is 14.2 Å². The van der Waals surface area contributed by atoms with E-state index >= 15 is 0 Å². The van der Waals surface area contributed by atoms with E-state index in [1.807, 2.05) is 18.2 Å². The summed E-state index contributed by atoms with van der Waals surface area (Å²) in [6.45, 7) is 0.661. The van der Waals surface area contributed by atoms with E-state index < -0.39 is 0 Å². The van der Waals surface area contributed by atoms with E-state index in [2.05, 4.69) is 15.9 Å². The zero-order valence-corrected chi connectivity index (χ0v) is 10.5. The highest BCUT2D eigenvalue weighted by Gasteiger charge is 2.05. The molecule has 0 amide bonds. The second-order valence-electron chi connectivity index (χ2n) is 2.91. The van der Waals surface area contributed by atoms with Crippen LogP contribution in [-0.2, 0) is 0 Å². The minimum absolute atomic E-state index is 0.661. The Kier molecular flexibility index (Phi) is 5.32. The van der Waals surface area contributed by atoms with Gasteiger partial charge in [-0.25, -0.2) is 0 Å². The standard InChI is InChI=1S/C11H15BrO3/c1-13-9-4-5-10(14-2)11(8-9)15-7-3-6-12/h4-5,8H,3,6-7H2,1-2H3. The van der Waals surface area contributed by atoms with Crippen molar-refractivity contribution < 1.29 is 14.2 Å². The molecule has 0 bridgehead atoms. The lowest BCUT2D eigenvalue weighted by atomic mass is 10.3. The van der Waals surface area contributed by atoms with Gasteiger partial charge in [0.05, 0.1) is 20.8 Å². The number of benzene rings is 1. The van der Waals surface area contributed by atoms with E-state index in [0.717, 1.165) is 29.0 Å². The van der Waals surface area contributed by atoms with Crippen LogP contribution in [0.2, 0.25) is 0 Å². The lowest BCUT2D eigenvalue weighted by molar-refractivity contribution is 0.293. The molecule has 4 heteroatoms. The summed E-state index contributed by atoms with van der Waals surface area (Å²) in [7, 11) is 3.25. The highest BCUT2D eigenvalue weighted by molar-refractivity contribution is 9.09. The van der Waals surface area contributed by atoms with E-state index in [1.54, 1.807) is 14.2 Å². The summed E-state index contributed by atoms with van der Waals surface area (Å²) in [5, 5.41) is 0.930. The molecule has 0 N–H and O–H groups in total. The van der Waals surface area contributed by atoms with Crippen molar-refractivity contribution in [2.75, 3.05) is 26.2 Å². The molecule has 1 aromatic carbocycles. The first kappa shape index (κ1) is 12.2. The van der Waals surface area contributed by atoms with E-state index in [0.29, 0.717) is 6.61 Å². The van der Waals surface area contributed by atoms with Crippen molar-refractivity contribution in [1.29, 1.82) is 0 Å². The zero-order valence-electron chi connectivity index (χ0n) is 8.96. The molecule has 84 valence electrons. The normalized spacial score (nSPS) is 9.80. The summed E-state index contributed by atoms with van der Waals surface area (Å²) >= 11 is 3.35. The molecule has 3 nitrogen and oxygen atoms in total. The van der Waals surface area contributed by atoms with Gasteiger partial charge in [0, 0.05) is 11.4 Å². The Bertz CT molecular complexity index is 302. The monoisotopic (exact) mass is 274 g/mol. The van der Waals surface area contributed by atoms with Crippen LogP contribution in [0.3, 0.4) is 0 Å². The smallest absolute Gasteiger partial charge is 0.164 e. The third kappa shape index (κ3) is 3.63. The molecule has 0 atom stereocenters. The predicted octanol–water partition coefficient (Wildman–Crippen LogP) is 2.87. The molecule has 0 unspecified atom stereocenters.